The molecule has 2 aromatic rings. The molecule has 0 amide bonds. The lowest BCUT2D eigenvalue weighted by atomic mass is 10.0. The molecule has 1 heterocycles. The van der Waals surface area contributed by atoms with Gasteiger partial charge in [-0.15, -0.1) is 0 Å². The molecule has 2 aromatic carbocycles. The number of rotatable bonds is 3. The molecular weight excluding hydrogens is 352 g/mol. The number of benzene rings is 2. The predicted octanol–water partition coefficient (Wildman–Crippen LogP) is 3.51. The Balaban J connectivity index is 1.97. The van der Waals surface area contributed by atoms with Crippen molar-refractivity contribution in [3.05, 3.63) is 59.2 Å². The molecule has 110 valence electrons. The van der Waals surface area contributed by atoms with Gasteiger partial charge in [-0.05, 0) is 34.9 Å². The van der Waals surface area contributed by atoms with E-state index < -0.39 is 9.84 Å². The molecule has 1 unspecified atom stereocenters. The minimum Gasteiger partial charge on any atom is -0.493 e. The maximum absolute atomic E-state index is 11.7. The smallest absolute Gasteiger partial charge is 0.175 e. The summed E-state index contributed by atoms with van der Waals surface area (Å²) < 4.78 is 28.8. The minimum atomic E-state index is -3.19. The van der Waals surface area contributed by atoms with Crippen molar-refractivity contribution in [1.29, 1.82) is 0 Å². The van der Waals surface area contributed by atoms with Crippen molar-refractivity contribution in [3.8, 4) is 5.75 Å². The zero-order valence-electron chi connectivity index (χ0n) is 11.5. The Morgan fingerprint density at radius 1 is 1.14 bits per heavy atom. The van der Waals surface area contributed by atoms with E-state index in [2.05, 4.69) is 22.0 Å². The van der Waals surface area contributed by atoms with Gasteiger partial charge in [0.05, 0.1) is 16.3 Å². The predicted molar refractivity (Wildman–Crippen MR) is 86.0 cm³/mol. The third kappa shape index (κ3) is 2.99. The van der Waals surface area contributed by atoms with Crippen molar-refractivity contribution in [1.82, 2.24) is 0 Å². The summed E-state index contributed by atoms with van der Waals surface area (Å²) in [5.41, 5.74) is 3.23. The van der Waals surface area contributed by atoms with Gasteiger partial charge in [0.25, 0.3) is 0 Å². The van der Waals surface area contributed by atoms with E-state index in [1.54, 1.807) is 18.2 Å². The van der Waals surface area contributed by atoms with Crippen LogP contribution in [0.3, 0.4) is 0 Å². The van der Waals surface area contributed by atoms with Crippen LogP contribution in [-0.4, -0.2) is 21.3 Å². The second kappa shape index (κ2) is 5.46. The van der Waals surface area contributed by atoms with E-state index in [9.17, 15) is 8.42 Å². The van der Waals surface area contributed by atoms with Crippen molar-refractivity contribution in [2.45, 2.75) is 16.1 Å². The largest absolute Gasteiger partial charge is 0.493 e. The zero-order valence-corrected chi connectivity index (χ0v) is 13.9. The summed E-state index contributed by atoms with van der Waals surface area (Å²) in [5.74, 6) is 0.948. The molecule has 0 N–H and O–H groups in total. The van der Waals surface area contributed by atoms with Crippen molar-refractivity contribution < 1.29 is 13.2 Å². The fourth-order valence-electron chi connectivity index (χ4n) is 2.46. The van der Waals surface area contributed by atoms with E-state index in [-0.39, 0.29) is 4.83 Å². The van der Waals surface area contributed by atoms with Crippen LogP contribution in [0, 0.1) is 0 Å². The molecular formula is C16H15BrO3S. The van der Waals surface area contributed by atoms with Gasteiger partial charge < -0.3 is 4.74 Å². The molecule has 3 nitrogen and oxygen atoms in total. The van der Waals surface area contributed by atoms with Gasteiger partial charge in [-0.25, -0.2) is 8.42 Å². The number of hydrogen-bond acceptors (Lipinski definition) is 3. The van der Waals surface area contributed by atoms with Crippen LogP contribution >= 0.6 is 15.9 Å². The topological polar surface area (TPSA) is 43.4 Å². The summed E-state index contributed by atoms with van der Waals surface area (Å²) in [7, 11) is -3.19. The van der Waals surface area contributed by atoms with Gasteiger partial charge in [-0.1, -0.05) is 40.2 Å². The van der Waals surface area contributed by atoms with Crippen LogP contribution in [0.15, 0.2) is 47.4 Å². The molecule has 21 heavy (non-hydrogen) atoms. The summed E-state index contributed by atoms with van der Waals surface area (Å²) in [6.45, 7) is 0.731. The van der Waals surface area contributed by atoms with Gasteiger partial charge in [-0.2, -0.15) is 0 Å². The van der Waals surface area contributed by atoms with Gasteiger partial charge in [0.15, 0.2) is 9.84 Å². The average molecular weight is 367 g/mol. The molecule has 0 fully saturated rings. The lowest BCUT2D eigenvalue weighted by Crippen LogP contribution is -2.00. The molecule has 5 heteroatoms. The molecule has 0 radical (unpaired) electrons. The Kier molecular flexibility index (Phi) is 3.80. The molecule has 0 aromatic heterocycles. The third-order valence-electron chi connectivity index (χ3n) is 3.59. The van der Waals surface area contributed by atoms with Crippen LogP contribution in [0.2, 0.25) is 0 Å². The first-order chi connectivity index (χ1) is 9.95. The van der Waals surface area contributed by atoms with E-state index in [0.29, 0.717) is 4.90 Å². The molecule has 1 atom stereocenters. The van der Waals surface area contributed by atoms with E-state index in [1.807, 2.05) is 18.2 Å². The van der Waals surface area contributed by atoms with Crippen LogP contribution in [0.4, 0.5) is 0 Å². The van der Waals surface area contributed by atoms with Crippen molar-refractivity contribution in [2.24, 2.45) is 0 Å². The number of hydrogen-bond donors (Lipinski definition) is 0. The Morgan fingerprint density at radius 2 is 1.90 bits per heavy atom. The van der Waals surface area contributed by atoms with Crippen LogP contribution in [0.25, 0.3) is 0 Å². The van der Waals surface area contributed by atoms with Crippen molar-refractivity contribution >= 4 is 25.8 Å². The van der Waals surface area contributed by atoms with E-state index in [0.717, 1.165) is 29.9 Å². The van der Waals surface area contributed by atoms with E-state index in [4.69, 9.17) is 4.74 Å². The number of sulfone groups is 1. The Hall–Kier alpha value is -1.33. The van der Waals surface area contributed by atoms with E-state index in [1.165, 1.54) is 11.8 Å². The molecule has 0 bridgehead atoms. The SMILES string of the molecule is CS(=O)(=O)c1cccc(C(Br)c2ccc3c(c2)CCO3)c1. The quantitative estimate of drug-likeness (QED) is 0.780. The lowest BCUT2D eigenvalue weighted by molar-refractivity contribution is 0.357. The van der Waals surface area contributed by atoms with Gasteiger partial charge in [0.2, 0.25) is 0 Å². The monoisotopic (exact) mass is 366 g/mol. The van der Waals surface area contributed by atoms with E-state index >= 15 is 0 Å². The molecule has 1 aliphatic rings. The Bertz CT molecular complexity index is 784. The summed E-state index contributed by atoms with van der Waals surface area (Å²) in [4.78, 5) is 0.305. The molecule has 0 spiro atoms. The third-order valence-corrected chi connectivity index (χ3v) is 5.75. The highest BCUT2D eigenvalue weighted by Gasteiger charge is 2.17. The highest BCUT2D eigenvalue weighted by atomic mass is 79.9. The summed E-state index contributed by atoms with van der Waals surface area (Å²) >= 11 is 3.67. The first-order valence-corrected chi connectivity index (χ1v) is 9.45. The van der Waals surface area contributed by atoms with Gasteiger partial charge in [0.1, 0.15) is 5.75 Å². The van der Waals surface area contributed by atoms with Crippen molar-refractivity contribution in [3.63, 3.8) is 0 Å². The Labute approximate surface area is 133 Å². The number of fused-ring (bicyclic) bond motifs is 1. The van der Waals surface area contributed by atoms with Gasteiger partial charge in [-0.3, -0.25) is 0 Å². The number of ether oxygens (including phenoxy) is 1. The van der Waals surface area contributed by atoms with Crippen LogP contribution in [0.5, 0.6) is 5.75 Å². The molecule has 0 aliphatic carbocycles. The maximum atomic E-state index is 11.7. The summed E-state index contributed by atoms with van der Waals surface area (Å²) in [6, 6.07) is 13.2. The summed E-state index contributed by atoms with van der Waals surface area (Å²) in [6.07, 6.45) is 2.15. The summed E-state index contributed by atoms with van der Waals surface area (Å²) in [5, 5.41) is 0. The second-order valence-corrected chi connectivity index (χ2v) is 8.10. The highest BCUT2D eigenvalue weighted by Crippen LogP contribution is 2.35. The minimum absolute atomic E-state index is 0.0369. The fourth-order valence-corrected chi connectivity index (χ4v) is 3.70. The molecule has 1 aliphatic heterocycles. The molecule has 0 saturated heterocycles. The van der Waals surface area contributed by atoms with Crippen LogP contribution in [-0.2, 0) is 16.3 Å². The van der Waals surface area contributed by atoms with Crippen LogP contribution in [0.1, 0.15) is 21.5 Å². The number of halogens is 1. The first-order valence-electron chi connectivity index (χ1n) is 6.65. The maximum Gasteiger partial charge on any atom is 0.175 e. The standard InChI is InChI=1S/C16H15BrO3S/c1-21(18,19)14-4-2-3-12(10-14)16(17)13-5-6-15-11(9-13)7-8-20-15/h2-6,9-10,16H,7-8H2,1H3. The number of alkyl halides is 1. The van der Waals surface area contributed by atoms with Crippen LogP contribution < -0.4 is 4.74 Å². The van der Waals surface area contributed by atoms with Gasteiger partial charge in [0, 0.05) is 12.7 Å². The lowest BCUT2D eigenvalue weighted by Gasteiger charge is -2.13. The molecule has 3 rings (SSSR count). The average Bonchev–Trinajstić information content (AvgIpc) is 2.93. The molecule has 0 saturated carbocycles. The fraction of sp³-hybridized carbons (Fsp3) is 0.250. The van der Waals surface area contributed by atoms with Crippen molar-refractivity contribution in [2.75, 3.05) is 12.9 Å². The zero-order chi connectivity index (χ0) is 15.0. The highest BCUT2D eigenvalue weighted by molar-refractivity contribution is 9.09. The first kappa shape index (κ1) is 14.6. The Morgan fingerprint density at radius 3 is 2.67 bits per heavy atom. The second-order valence-electron chi connectivity index (χ2n) is 5.17. The van der Waals surface area contributed by atoms with Gasteiger partial charge >= 0.3 is 0 Å². The normalized spacial score (nSPS) is 15.3.